The average molecular weight is 257 g/mol. The van der Waals surface area contributed by atoms with E-state index in [1.807, 2.05) is 24.4 Å². The molecule has 0 amide bonds. The number of imidazole rings is 1. The molecule has 0 saturated heterocycles. The van der Waals surface area contributed by atoms with Gasteiger partial charge in [-0.05, 0) is 18.9 Å². The number of hydrogen-bond donors (Lipinski definition) is 1. The summed E-state index contributed by atoms with van der Waals surface area (Å²) in [5.41, 5.74) is 8.52. The summed E-state index contributed by atoms with van der Waals surface area (Å²) in [6, 6.07) is 8.34. The van der Waals surface area contributed by atoms with Gasteiger partial charge in [-0.3, -0.25) is 0 Å². The SMILES string of the molecule is COc1ccccc1Cc1ncc2n1CC(N)CC2. The molecule has 2 heterocycles. The third kappa shape index (κ3) is 2.36. The Hall–Kier alpha value is -1.81. The highest BCUT2D eigenvalue weighted by Gasteiger charge is 2.19. The van der Waals surface area contributed by atoms with Crippen LogP contribution >= 0.6 is 0 Å². The Morgan fingerprint density at radius 1 is 1.42 bits per heavy atom. The normalized spacial score (nSPS) is 18.1. The van der Waals surface area contributed by atoms with Gasteiger partial charge in [0.25, 0.3) is 0 Å². The molecule has 0 spiro atoms. The molecule has 19 heavy (non-hydrogen) atoms. The number of nitrogens with zero attached hydrogens (tertiary/aromatic N) is 2. The second-order valence-corrected chi connectivity index (χ2v) is 5.06. The van der Waals surface area contributed by atoms with Gasteiger partial charge in [0.1, 0.15) is 11.6 Å². The third-order valence-electron chi connectivity index (χ3n) is 3.75. The van der Waals surface area contributed by atoms with Crippen LogP contribution in [-0.4, -0.2) is 22.7 Å². The van der Waals surface area contributed by atoms with Gasteiger partial charge in [0.15, 0.2) is 0 Å². The molecule has 4 heteroatoms. The Bertz CT molecular complexity index is 577. The summed E-state index contributed by atoms with van der Waals surface area (Å²) in [4.78, 5) is 4.55. The molecule has 0 radical (unpaired) electrons. The fourth-order valence-corrected chi connectivity index (χ4v) is 2.70. The molecule has 3 rings (SSSR count). The lowest BCUT2D eigenvalue weighted by Crippen LogP contribution is -2.32. The molecule has 1 atom stereocenters. The first kappa shape index (κ1) is 12.2. The van der Waals surface area contributed by atoms with Gasteiger partial charge < -0.3 is 15.0 Å². The highest BCUT2D eigenvalue weighted by atomic mass is 16.5. The monoisotopic (exact) mass is 257 g/mol. The highest BCUT2D eigenvalue weighted by molar-refractivity contribution is 5.35. The molecular formula is C15H19N3O. The van der Waals surface area contributed by atoms with Gasteiger partial charge >= 0.3 is 0 Å². The molecule has 0 fully saturated rings. The molecule has 100 valence electrons. The zero-order chi connectivity index (χ0) is 13.2. The minimum absolute atomic E-state index is 0.248. The van der Waals surface area contributed by atoms with Crippen molar-refractivity contribution in [3.8, 4) is 5.75 Å². The molecule has 0 aliphatic carbocycles. The van der Waals surface area contributed by atoms with Crippen LogP contribution in [0.1, 0.15) is 23.5 Å². The van der Waals surface area contributed by atoms with E-state index in [1.165, 1.54) is 5.69 Å². The summed E-state index contributed by atoms with van der Waals surface area (Å²) in [6.07, 6.45) is 4.85. The molecule has 1 aromatic heterocycles. The smallest absolute Gasteiger partial charge is 0.122 e. The number of benzene rings is 1. The molecule has 2 aromatic rings. The maximum absolute atomic E-state index is 6.05. The van der Waals surface area contributed by atoms with Crippen molar-refractivity contribution in [3.63, 3.8) is 0 Å². The molecule has 1 aromatic carbocycles. The Morgan fingerprint density at radius 2 is 2.26 bits per heavy atom. The van der Waals surface area contributed by atoms with Gasteiger partial charge in [0.2, 0.25) is 0 Å². The van der Waals surface area contributed by atoms with Gasteiger partial charge in [-0.15, -0.1) is 0 Å². The van der Waals surface area contributed by atoms with Gasteiger partial charge in [0.05, 0.1) is 7.11 Å². The van der Waals surface area contributed by atoms with Crippen molar-refractivity contribution >= 4 is 0 Å². The molecule has 1 aliphatic heterocycles. The van der Waals surface area contributed by atoms with Crippen LogP contribution in [-0.2, 0) is 19.4 Å². The number of ether oxygens (including phenoxy) is 1. The summed E-state index contributed by atoms with van der Waals surface area (Å²) in [7, 11) is 1.70. The summed E-state index contributed by atoms with van der Waals surface area (Å²) >= 11 is 0. The lowest BCUT2D eigenvalue weighted by Gasteiger charge is -2.22. The molecular weight excluding hydrogens is 238 g/mol. The van der Waals surface area contributed by atoms with E-state index in [2.05, 4.69) is 15.6 Å². The van der Waals surface area contributed by atoms with Crippen LogP contribution in [0, 0.1) is 0 Å². The van der Waals surface area contributed by atoms with Crippen LogP contribution in [0.15, 0.2) is 30.5 Å². The van der Waals surface area contributed by atoms with Crippen molar-refractivity contribution in [2.75, 3.05) is 7.11 Å². The first-order valence-electron chi connectivity index (χ1n) is 6.68. The fourth-order valence-electron chi connectivity index (χ4n) is 2.70. The van der Waals surface area contributed by atoms with Crippen LogP contribution in [0.25, 0.3) is 0 Å². The Kier molecular flexibility index (Phi) is 3.25. The van der Waals surface area contributed by atoms with E-state index < -0.39 is 0 Å². The second-order valence-electron chi connectivity index (χ2n) is 5.06. The van der Waals surface area contributed by atoms with Crippen molar-refractivity contribution in [2.24, 2.45) is 5.73 Å². The molecule has 0 bridgehead atoms. The minimum atomic E-state index is 0.248. The number of nitrogens with two attached hydrogens (primary N) is 1. The summed E-state index contributed by atoms with van der Waals surface area (Å²) in [6.45, 7) is 0.875. The molecule has 0 saturated carbocycles. The maximum atomic E-state index is 6.05. The second kappa shape index (κ2) is 5.05. The topological polar surface area (TPSA) is 53.1 Å². The van der Waals surface area contributed by atoms with Crippen molar-refractivity contribution in [2.45, 2.75) is 31.8 Å². The first-order valence-corrected chi connectivity index (χ1v) is 6.68. The standard InChI is InChI=1S/C15H19N3O/c1-19-14-5-3-2-4-11(14)8-15-17-9-13-7-6-12(16)10-18(13)15/h2-5,9,12H,6-8,10,16H2,1H3. The number of para-hydroxylation sites is 1. The van der Waals surface area contributed by atoms with Gasteiger partial charge in [-0.2, -0.15) is 0 Å². The Balaban J connectivity index is 1.90. The lowest BCUT2D eigenvalue weighted by atomic mass is 10.1. The number of methoxy groups -OCH3 is 1. The largest absolute Gasteiger partial charge is 0.496 e. The van der Waals surface area contributed by atoms with Gasteiger partial charge in [-0.25, -0.2) is 4.98 Å². The van der Waals surface area contributed by atoms with E-state index in [1.54, 1.807) is 7.11 Å². The average Bonchev–Trinajstić information content (AvgIpc) is 2.82. The highest BCUT2D eigenvalue weighted by Crippen LogP contribution is 2.23. The number of aromatic nitrogens is 2. The van der Waals surface area contributed by atoms with E-state index in [-0.39, 0.29) is 6.04 Å². The summed E-state index contributed by atoms with van der Waals surface area (Å²) in [5.74, 6) is 2.00. The van der Waals surface area contributed by atoms with E-state index in [9.17, 15) is 0 Å². The zero-order valence-corrected chi connectivity index (χ0v) is 11.2. The van der Waals surface area contributed by atoms with Crippen molar-refractivity contribution in [1.29, 1.82) is 0 Å². The predicted octanol–water partition coefficient (Wildman–Crippen LogP) is 1.76. The van der Waals surface area contributed by atoms with Crippen molar-refractivity contribution < 1.29 is 4.74 Å². The fraction of sp³-hybridized carbons (Fsp3) is 0.400. The Labute approximate surface area is 113 Å². The summed E-state index contributed by atoms with van der Waals surface area (Å²) in [5, 5.41) is 0. The number of aryl methyl sites for hydroxylation is 1. The lowest BCUT2D eigenvalue weighted by molar-refractivity contribution is 0.409. The van der Waals surface area contributed by atoms with E-state index in [0.29, 0.717) is 0 Å². The quantitative estimate of drug-likeness (QED) is 0.911. The maximum Gasteiger partial charge on any atom is 0.122 e. The van der Waals surface area contributed by atoms with Crippen LogP contribution in [0.4, 0.5) is 0 Å². The van der Waals surface area contributed by atoms with E-state index in [0.717, 1.165) is 42.9 Å². The number of hydrogen-bond acceptors (Lipinski definition) is 3. The number of rotatable bonds is 3. The molecule has 4 nitrogen and oxygen atoms in total. The predicted molar refractivity (Wildman–Crippen MR) is 74.3 cm³/mol. The van der Waals surface area contributed by atoms with Crippen molar-refractivity contribution in [3.05, 3.63) is 47.5 Å². The molecule has 1 aliphatic rings. The number of fused-ring (bicyclic) bond motifs is 1. The zero-order valence-electron chi connectivity index (χ0n) is 11.2. The van der Waals surface area contributed by atoms with Crippen molar-refractivity contribution in [1.82, 2.24) is 9.55 Å². The van der Waals surface area contributed by atoms with Crippen LogP contribution in [0.3, 0.4) is 0 Å². The van der Waals surface area contributed by atoms with Crippen LogP contribution < -0.4 is 10.5 Å². The minimum Gasteiger partial charge on any atom is -0.496 e. The third-order valence-corrected chi connectivity index (χ3v) is 3.75. The molecule has 1 unspecified atom stereocenters. The first-order chi connectivity index (χ1) is 9.28. The van der Waals surface area contributed by atoms with E-state index >= 15 is 0 Å². The molecule has 2 N–H and O–H groups in total. The van der Waals surface area contributed by atoms with Gasteiger partial charge in [0, 0.05) is 36.5 Å². The van der Waals surface area contributed by atoms with Crippen LogP contribution in [0.2, 0.25) is 0 Å². The summed E-state index contributed by atoms with van der Waals surface area (Å²) < 4.78 is 7.66. The van der Waals surface area contributed by atoms with Crippen LogP contribution in [0.5, 0.6) is 5.75 Å². The van der Waals surface area contributed by atoms with E-state index in [4.69, 9.17) is 10.5 Å². The van der Waals surface area contributed by atoms with Gasteiger partial charge in [-0.1, -0.05) is 18.2 Å². The Morgan fingerprint density at radius 3 is 3.11 bits per heavy atom.